The van der Waals surface area contributed by atoms with Gasteiger partial charge in [-0.3, -0.25) is 9.69 Å². The maximum atomic E-state index is 12.0. The highest BCUT2D eigenvalue weighted by Gasteiger charge is 2.49. The Kier molecular flexibility index (Phi) is 3.56. The van der Waals surface area contributed by atoms with Crippen LogP contribution >= 0.6 is 0 Å². The normalized spacial score (nSPS) is 29.6. The summed E-state index contributed by atoms with van der Waals surface area (Å²) in [6, 6.07) is 11.5. The first-order chi connectivity index (χ1) is 9.29. The molecule has 3 heteroatoms. The SMILES string of the molecule is CCOC(=O)[C@H]1C[C@@H]2CC[C@H]1N2Cc1ccccc1. The van der Waals surface area contributed by atoms with E-state index in [-0.39, 0.29) is 11.9 Å². The second-order valence-corrected chi connectivity index (χ2v) is 5.55. The number of rotatable bonds is 4. The van der Waals surface area contributed by atoms with Gasteiger partial charge in [0, 0.05) is 18.6 Å². The van der Waals surface area contributed by atoms with Crippen molar-refractivity contribution in [3.05, 3.63) is 35.9 Å². The van der Waals surface area contributed by atoms with Crippen LogP contribution in [0, 0.1) is 5.92 Å². The fraction of sp³-hybridized carbons (Fsp3) is 0.562. The van der Waals surface area contributed by atoms with E-state index in [0.717, 1.165) is 19.4 Å². The number of benzene rings is 1. The molecule has 0 N–H and O–H groups in total. The average Bonchev–Trinajstić information content (AvgIpc) is 2.97. The van der Waals surface area contributed by atoms with Crippen LogP contribution in [0.25, 0.3) is 0 Å². The summed E-state index contributed by atoms with van der Waals surface area (Å²) in [4.78, 5) is 14.5. The highest BCUT2D eigenvalue weighted by molar-refractivity contribution is 5.74. The number of carbonyl (C=O) groups excluding carboxylic acids is 1. The molecule has 0 aromatic heterocycles. The monoisotopic (exact) mass is 259 g/mol. The molecule has 2 bridgehead atoms. The maximum absolute atomic E-state index is 12.0. The van der Waals surface area contributed by atoms with Crippen LogP contribution in [0.1, 0.15) is 31.7 Å². The lowest BCUT2D eigenvalue weighted by Crippen LogP contribution is -2.33. The van der Waals surface area contributed by atoms with Crippen molar-refractivity contribution in [3.8, 4) is 0 Å². The summed E-state index contributed by atoms with van der Waals surface area (Å²) in [7, 11) is 0. The summed E-state index contributed by atoms with van der Waals surface area (Å²) >= 11 is 0. The summed E-state index contributed by atoms with van der Waals surface area (Å²) in [5, 5.41) is 0. The Morgan fingerprint density at radius 1 is 1.32 bits per heavy atom. The molecule has 1 aromatic carbocycles. The van der Waals surface area contributed by atoms with Crippen molar-refractivity contribution in [1.82, 2.24) is 4.90 Å². The molecule has 102 valence electrons. The van der Waals surface area contributed by atoms with Gasteiger partial charge in [0.05, 0.1) is 12.5 Å². The molecule has 1 aromatic rings. The van der Waals surface area contributed by atoms with Gasteiger partial charge >= 0.3 is 5.97 Å². The topological polar surface area (TPSA) is 29.5 Å². The zero-order chi connectivity index (χ0) is 13.2. The molecule has 3 atom stereocenters. The van der Waals surface area contributed by atoms with Crippen molar-refractivity contribution in [2.24, 2.45) is 5.92 Å². The van der Waals surface area contributed by atoms with Crippen LogP contribution in [0.15, 0.2) is 30.3 Å². The predicted molar refractivity (Wildman–Crippen MR) is 73.5 cm³/mol. The van der Waals surface area contributed by atoms with Crippen LogP contribution in [0.4, 0.5) is 0 Å². The second-order valence-electron chi connectivity index (χ2n) is 5.55. The third-order valence-corrected chi connectivity index (χ3v) is 4.48. The molecule has 3 nitrogen and oxygen atoms in total. The summed E-state index contributed by atoms with van der Waals surface area (Å²) in [6.07, 6.45) is 3.35. The fourth-order valence-electron chi connectivity index (χ4n) is 3.64. The molecule has 2 aliphatic rings. The second kappa shape index (κ2) is 5.33. The Bertz CT molecular complexity index is 445. The van der Waals surface area contributed by atoms with E-state index < -0.39 is 0 Å². The van der Waals surface area contributed by atoms with Gasteiger partial charge in [0.2, 0.25) is 0 Å². The smallest absolute Gasteiger partial charge is 0.310 e. The van der Waals surface area contributed by atoms with Gasteiger partial charge in [0.15, 0.2) is 0 Å². The van der Waals surface area contributed by atoms with Gasteiger partial charge in [-0.2, -0.15) is 0 Å². The van der Waals surface area contributed by atoms with E-state index in [0.29, 0.717) is 18.7 Å². The zero-order valence-electron chi connectivity index (χ0n) is 11.4. The Labute approximate surface area is 114 Å². The molecule has 0 spiro atoms. The van der Waals surface area contributed by atoms with Crippen molar-refractivity contribution >= 4 is 5.97 Å². The number of esters is 1. The molecule has 0 aliphatic carbocycles. The highest BCUT2D eigenvalue weighted by atomic mass is 16.5. The number of hydrogen-bond donors (Lipinski definition) is 0. The number of hydrogen-bond acceptors (Lipinski definition) is 3. The van der Waals surface area contributed by atoms with Crippen LogP contribution < -0.4 is 0 Å². The van der Waals surface area contributed by atoms with Gasteiger partial charge in [-0.25, -0.2) is 0 Å². The van der Waals surface area contributed by atoms with Crippen molar-refractivity contribution < 1.29 is 9.53 Å². The number of carbonyl (C=O) groups is 1. The summed E-state index contributed by atoms with van der Waals surface area (Å²) in [5.74, 6) is 0.107. The first-order valence-electron chi connectivity index (χ1n) is 7.26. The molecule has 2 saturated heterocycles. The van der Waals surface area contributed by atoms with Crippen molar-refractivity contribution in [2.75, 3.05) is 6.61 Å². The van der Waals surface area contributed by atoms with Crippen LogP contribution in [-0.4, -0.2) is 29.6 Å². The van der Waals surface area contributed by atoms with E-state index in [9.17, 15) is 4.79 Å². The average molecular weight is 259 g/mol. The van der Waals surface area contributed by atoms with Gasteiger partial charge < -0.3 is 4.74 Å². The Balaban J connectivity index is 1.69. The summed E-state index contributed by atoms with van der Waals surface area (Å²) in [6.45, 7) is 3.34. The van der Waals surface area contributed by atoms with E-state index >= 15 is 0 Å². The van der Waals surface area contributed by atoms with E-state index in [1.54, 1.807) is 0 Å². The molecule has 0 amide bonds. The summed E-state index contributed by atoms with van der Waals surface area (Å²) < 4.78 is 5.21. The molecule has 3 rings (SSSR count). The van der Waals surface area contributed by atoms with E-state index in [2.05, 4.69) is 29.2 Å². The lowest BCUT2D eigenvalue weighted by atomic mass is 9.89. The summed E-state index contributed by atoms with van der Waals surface area (Å²) in [5.41, 5.74) is 1.34. The van der Waals surface area contributed by atoms with E-state index in [1.807, 2.05) is 13.0 Å². The number of nitrogens with zero attached hydrogens (tertiary/aromatic N) is 1. The van der Waals surface area contributed by atoms with E-state index in [4.69, 9.17) is 4.74 Å². The molecular weight excluding hydrogens is 238 g/mol. The van der Waals surface area contributed by atoms with E-state index in [1.165, 1.54) is 12.0 Å². The van der Waals surface area contributed by atoms with Gasteiger partial charge in [0.25, 0.3) is 0 Å². The largest absolute Gasteiger partial charge is 0.466 e. The highest BCUT2D eigenvalue weighted by Crippen LogP contribution is 2.42. The standard InChI is InChI=1S/C16H21NO2/c1-2-19-16(18)14-10-13-8-9-15(14)17(13)11-12-6-4-3-5-7-12/h3-7,13-15H,2,8-11H2,1H3/t13-,14-,15+/m0/s1. The zero-order valence-corrected chi connectivity index (χ0v) is 11.4. The minimum Gasteiger partial charge on any atom is -0.466 e. The number of ether oxygens (including phenoxy) is 1. The lowest BCUT2D eigenvalue weighted by Gasteiger charge is -2.23. The predicted octanol–water partition coefficient (Wildman–Crippen LogP) is 2.60. The first kappa shape index (κ1) is 12.7. The van der Waals surface area contributed by atoms with Crippen molar-refractivity contribution in [2.45, 2.75) is 44.8 Å². The van der Waals surface area contributed by atoms with Gasteiger partial charge in [0.1, 0.15) is 0 Å². The molecule has 2 heterocycles. The molecule has 2 aliphatic heterocycles. The van der Waals surface area contributed by atoms with Crippen LogP contribution in [0.3, 0.4) is 0 Å². The maximum Gasteiger partial charge on any atom is 0.310 e. The van der Waals surface area contributed by atoms with Gasteiger partial charge in [-0.05, 0) is 31.7 Å². The molecule has 0 saturated carbocycles. The lowest BCUT2D eigenvalue weighted by molar-refractivity contribution is -0.149. The quantitative estimate of drug-likeness (QED) is 0.778. The minimum absolute atomic E-state index is 0.00719. The Morgan fingerprint density at radius 3 is 2.84 bits per heavy atom. The minimum atomic E-state index is 0.00719. The van der Waals surface area contributed by atoms with Crippen LogP contribution in [0.2, 0.25) is 0 Å². The molecule has 0 unspecified atom stereocenters. The van der Waals surface area contributed by atoms with Crippen molar-refractivity contribution in [1.29, 1.82) is 0 Å². The first-order valence-corrected chi connectivity index (χ1v) is 7.26. The third kappa shape index (κ3) is 2.39. The third-order valence-electron chi connectivity index (χ3n) is 4.48. The molecule has 19 heavy (non-hydrogen) atoms. The Hall–Kier alpha value is -1.35. The number of fused-ring (bicyclic) bond motifs is 2. The van der Waals surface area contributed by atoms with Gasteiger partial charge in [-0.1, -0.05) is 30.3 Å². The van der Waals surface area contributed by atoms with Crippen molar-refractivity contribution in [3.63, 3.8) is 0 Å². The molecule has 2 fully saturated rings. The van der Waals surface area contributed by atoms with Crippen LogP contribution in [0.5, 0.6) is 0 Å². The molecule has 0 radical (unpaired) electrons. The molecular formula is C16H21NO2. The van der Waals surface area contributed by atoms with Gasteiger partial charge in [-0.15, -0.1) is 0 Å². The fourth-order valence-corrected chi connectivity index (χ4v) is 3.64. The Morgan fingerprint density at radius 2 is 2.11 bits per heavy atom. The van der Waals surface area contributed by atoms with Crippen LogP contribution in [-0.2, 0) is 16.1 Å².